The first kappa shape index (κ1) is 12.3. The van der Waals surface area contributed by atoms with Crippen LogP contribution in [0.4, 0.5) is 0 Å². The molecule has 0 fully saturated rings. The second-order valence-electron chi connectivity index (χ2n) is 3.11. The van der Waals surface area contributed by atoms with Crippen LogP contribution in [0.1, 0.15) is 15.9 Å². The molecule has 0 atom stereocenters. The maximum atomic E-state index is 11.7. The highest BCUT2D eigenvalue weighted by atomic mass is 79.9. The molecule has 0 saturated heterocycles. The minimum atomic E-state index is -0.143. The molecule has 0 bridgehead atoms. The first-order valence-corrected chi connectivity index (χ1v) is 5.56. The third-order valence-electron chi connectivity index (χ3n) is 1.95. The van der Waals surface area contributed by atoms with Crippen molar-refractivity contribution in [2.24, 2.45) is 0 Å². The van der Waals surface area contributed by atoms with Crippen LogP contribution in [-0.4, -0.2) is 12.5 Å². The monoisotopic (exact) mass is 287 g/mol. The van der Waals surface area contributed by atoms with Crippen LogP contribution in [0.2, 0.25) is 5.02 Å². The molecule has 1 aromatic rings. The van der Waals surface area contributed by atoms with Crippen molar-refractivity contribution < 1.29 is 4.79 Å². The van der Waals surface area contributed by atoms with Crippen molar-refractivity contribution in [2.45, 2.75) is 6.92 Å². The van der Waals surface area contributed by atoms with Crippen molar-refractivity contribution in [2.75, 3.05) is 6.54 Å². The van der Waals surface area contributed by atoms with Gasteiger partial charge in [0, 0.05) is 21.6 Å². The highest BCUT2D eigenvalue weighted by molar-refractivity contribution is 9.11. The van der Waals surface area contributed by atoms with E-state index in [1.807, 2.05) is 6.92 Å². The Hall–Kier alpha value is -0.800. The molecule has 0 spiro atoms. The lowest BCUT2D eigenvalue weighted by Gasteiger charge is -2.07. The third kappa shape index (κ3) is 3.36. The van der Waals surface area contributed by atoms with Gasteiger partial charge in [0.25, 0.3) is 5.91 Å². The molecule has 2 nitrogen and oxygen atoms in total. The molecule has 80 valence electrons. The molecular weight excluding hydrogens is 277 g/mol. The first-order chi connectivity index (χ1) is 7.02. The van der Waals surface area contributed by atoms with Gasteiger partial charge in [-0.3, -0.25) is 4.79 Å². The van der Waals surface area contributed by atoms with Gasteiger partial charge in [0.05, 0.1) is 0 Å². The van der Waals surface area contributed by atoms with Gasteiger partial charge >= 0.3 is 0 Å². The second kappa shape index (κ2) is 5.33. The number of halogens is 2. The number of carbonyl (C=O) groups is 1. The fraction of sp³-hybridized carbons (Fsp3) is 0.182. The zero-order chi connectivity index (χ0) is 11.4. The van der Waals surface area contributed by atoms with E-state index in [1.165, 1.54) is 0 Å². The third-order valence-corrected chi connectivity index (χ3v) is 2.64. The summed E-state index contributed by atoms with van der Waals surface area (Å²) in [6.45, 7) is 5.86. The van der Waals surface area contributed by atoms with Crippen LogP contribution in [0.3, 0.4) is 0 Å². The Morgan fingerprint density at radius 3 is 2.87 bits per heavy atom. The van der Waals surface area contributed by atoms with Crippen molar-refractivity contribution in [1.82, 2.24) is 5.32 Å². The first-order valence-electron chi connectivity index (χ1n) is 4.39. The van der Waals surface area contributed by atoms with Crippen LogP contribution in [0.5, 0.6) is 0 Å². The Labute approximate surface area is 102 Å². The number of benzene rings is 1. The maximum Gasteiger partial charge on any atom is 0.251 e. The summed E-state index contributed by atoms with van der Waals surface area (Å²) in [6, 6.07) is 5.26. The molecule has 0 unspecified atom stereocenters. The molecule has 0 aromatic heterocycles. The van der Waals surface area contributed by atoms with Crippen LogP contribution in [-0.2, 0) is 0 Å². The maximum absolute atomic E-state index is 11.7. The number of nitrogens with one attached hydrogen (secondary N) is 1. The number of rotatable bonds is 3. The summed E-state index contributed by atoms with van der Waals surface area (Å²) in [5.74, 6) is -0.143. The lowest BCUT2D eigenvalue weighted by Crippen LogP contribution is -2.25. The van der Waals surface area contributed by atoms with Crippen LogP contribution in [0, 0.1) is 6.92 Å². The van der Waals surface area contributed by atoms with Gasteiger partial charge in [-0.15, -0.1) is 0 Å². The SMILES string of the molecule is C=C(Br)CNC(=O)c1cccc(Cl)c1C. The quantitative estimate of drug-likeness (QED) is 0.908. The van der Waals surface area contributed by atoms with Gasteiger partial charge < -0.3 is 5.32 Å². The van der Waals surface area contributed by atoms with E-state index < -0.39 is 0 Å². The minimum Gasteiger partial charge on any atom is -0.347 e. The van der Waals surface area contributed by atoms with Crippen LogP contribution in [0.15, 0.2) is 29.3 Å². The van der Waals surface area contributed by atoms with Crippen LogP contribution >= 0.6 is 27.5 Å². The van der Waals surface area contributed by atoms with Gasteiger partial charge in [-0.2, -0.15) is 0 Å². The zero-order valence-corrected chi connectivity index (χ0v) is 10.7. The summed E-state index contributed by atoms with van der Waals surface area (Å²) in [4.78, 5) is 11.7. The largest absolute Gasteiger partial charge is 0.347 e. The molecule has 0 saturated carbocycles. The molecule has 1 N–H and O–H groups in total. The van der Waals surface area contributed by atoms with Crippen molar-refractivity contribution in [1.29, 1.82) is 0 Å². The standard InChI is InChI=1S/C11H11BrClNO/c1-7(12)6-14-11(15)9-4-3-5-10(13)8(9)2/h3-5H,1,6H2,2H3,(H,14,15). The van der Waals surface area contributed by atoms with E-state index >= 15 is 0 Å². The van der Waals surface area contributed by atoms with Crippen molar-refractivity contribution in [3.8, 4) is 0 Å². The highest BCUT2D eigenvalue weighted by Crippen LogP contribution is 2.18. The summed E-state index contributed by atoms with van der Waals surface area (Å²) >= 11 is 9.09. The van der Waals surface area contributed by atoms with E-state index in [9.17, 15) is 4.79 Å². The molecule has 0 aliphatic rings. The lowest BCUT2D eigenvalue weighted by atomic mass is 10.1. The fourth-order valence-electron chi connectivity index (χ4n) is 1.12. The number of carbonyl (C=O) groups excluding carboxylic acids is 1. The average Bonchev–Trinajstić information content (AvgIpc) is 2.18. The smallest absolute Gasteiger partial charge is 0.251 e. The van der Waals surface area contributed by atoms with Gasteiger partial charge in [0.15, 0.2) is 0 Å². The second-order valence-corrected chi connectivity index (χ2v) is 4.64. The number of hydrogen-bond donors (Lipinski definition) is 1. The van der Waals surface area contributed by atoms with Gasteiger partial charge in [-0.05, 0) is 24.6 Å². The predicted molar refractivity (Wildman–Crippen MR) is 66.6 cm³/mol. The van der Waals surface area contributed by atoms with Crippen LogP contribution < -0.4 is 5.32 Å². The Bertz CT molecular complexity index is 404. The summed E-state index contributed by atoms with van der Waals surface area (Å²) < 4.78 is 0.732. The molecular formula is C11H11BrClNO. The van der Waals surface area contributed by atoms with E-state index in [0.29, 0.717) is 17.1 Å². The molecule has 0 aliphatic heterocycles. The summed E-state index contributed by atoms with van der Waals surface area (Å²) in [5.41, 5.74) is 1.38. The molecule has 0 aliphatic carbocycles. The van der Waals surface area contributed by atoms with E-state index in [4.69, 9.17) is 11.6 Å². The van der Waals surface area contributed by atoms with Gasteiger partial charge in [-0.1, -0.05) is 40.2 Å². The Morgan fingerprint density at radius 1 is 1.60 bits per heavy atom. The zero-order valence-electron chi connectivity index (χ0n) is 8.31. The summed E-state index contributed by atoms with van der Waals surface area (Å²) in [7, 11) is 0. The van der Waals surface area contributed by atoms with Gasteiger partial charge in [0.1, 0.15) is 0 Å². The van der Waals surface area contributed by atoms with Crippen molar-refractivity contribution in [3.63, 3.8) is 0 Å². The fourth-order valence-corrected chi connectivity index (χ4v) is 1.44. The lowest BCUT2D eigenvalue weighted by molar-refractivity contribution is 0.0957. The molecule has 0 radical (unpaired) electrons. The Morgan fingerprint density at radius 2 is 2.27 bits per heavy atom. The van der Waals surface area contributed by atoms with Crippen molar-refractivity contribution >= 4 is 33.4 Å². The molecule has 15 heavy (non-hydrogen) atoms. The highest BCUT2D eigenvalue weighted by Gasteiger charge is 2.09. The van der Waals surface area contributed by atoms with E-state index in [2.05, 4.69) is 27.8 Å². The predicted octanol–water partition coefficient (Wildman–Crippen LogP) is 3.29. The Balaban J connectivity index is 2.82. The van der Waals surface area contributed by atoms with Crippen molar-refractivity contribution in [3.05, 3.63) is 45.4 Å². The summed E-state index contributed by atoms with van der Waals surface area (Å²) in [6.07, 6.45) is 0. The Kier molecular flexibility index (Phi) is 4.36. The van der Waals surface area contributed by atoms with Gasteiger partial charge in [0.2, 0.25) is 0 Å². The number of hydrogen-bond acceptors (Lipinski definition) is 1. The molecule has 1 rings (SSSR count). The average molecular weight is 289 g/mol. The minimum absolute atomic E-state index is 0.143. The van der Waals surface area contributed by atoms with E-state index in [1.54, 1.807) is 18.2 Å². The van der Waals surface area contributed by atoms with E-state index in [0.717, 1.165) is 10.0 Å². The molecule has 1 aromatic carbocycles. The number of amides is 1. The topological polar surface area (TPSA) is 29.1 Å². The normalized spacial score (nSPS) is 9.80. The van der Waals surface area contributed by atoms with Crippen LogP contribution in [0.25, 0.3) is 0 Å². The van der Waals surface area contributed by atoms with Gasteiger partial charge in [-0.25, -0.2) is 0 Å². The summed E-state index contributed by atoms with van der Waals surface area (Å²) in [5, 5.41) is 3.32. The molecule has 1 amide bonds. The molecule has 0 heterocycles. The van der Waals surface area contributed by atoms with E-state index in [-0.39, 0.29) is 5.91 Å². The molecule has 4 heteroatoms.